The molecule has 0 saturated heterocycles. The molecule has 1 rings (SSSR count). The van der Waals surface area contributed by atoms with Crippen LogP contribution in [0.1, 0.15) is 19.0 Å². The van der Waals surface area contributed by atoms with Gasteiger partial charge in [0.05, 0.1) is 0 Å². The molecule has 2 nitrogen and oxygen atoms in total. The van der Waals surface area contributed by atoms with Crippen molar-refractivity contribution in [3.63, 3.8) is 0 Å². The van der Waals surface area contributed by atoms with Crippen molar-refractivity contribution in [1.29, 1.82) is 0 Å². The summed E-state index contributed by atoms with van der Waals surface area (Å²) in [6.07, 6.45) is 4.15. The Kier molecular flexibility index (Phi) is 7.30. The molecule has 0 amide bonds. The van der Waals surface area contributed by atoms with Crippen molar-refractivity contribution in [3.05, 3.63) is 30.1 Å². The summed E-state index contributed by atoms with van der Waals surface area (Å²) >= 11 is 2.01. The van der Waals surface area contributed by atoms with Crippen molar-refractivity contribution >= 4 is 11.8 Å². The van der Waals surface area contributed by atoms with Gasteiger partial charge in [0.1, 0.15) is 0 Å². The molecule has 0 aliphatic carbocycles. The summed E-state index contributed by atoms with van der Waals surface area (Å²) in [7, 11) is 0. The Bertz CT molecular complexity index is 239. The SMILES string of the molecule is CCSCCCNCCc1ccccn1. The minimum atomic E-state index is 1.03. The highest BCUT2D eigenvalue weighted by molar-refractivity contribution is 7.99. The van der Waals surface area contributed by atoms with Crippen LogP contribution in [-0.4, -0.2) is 29.6 Å². The second-order valence-electron chi connectivity index (χ2n) is 3.37. The Labute approximate surface area is 96.9 Å². The van der Waals surface area contributed by atoms with Gasteiger partial charge in [0.15, 0.2) is 0 Å². The first-order valence-electron chi connectivity index (χ1n) is 5.62. The number of aromatic nitrogens is 1. The largest absolute Gasteiger partial charge is 0.316 e. The highest BCUT2D eigenvalue weighted by atomic mass is 32.2. The first kappa shape index (κ1) is 12.5. The summed E-state index contributed by atoms with van der Waals surface area (Å²) in [5.41, 5.74) is 1.17. The van der Waals surface area contributed by atoms with Gasteiger partial charge >= 0.3 is 0 Å². The number of thioether (sulfide) groups is 1. The van der Waals surface area contributed by atoms with E-state index in [4.69, 9.17) is 0 Å². The Morgan fingerprint density at radius 2 is 2.27 bits per heavy atom. The number of rotatable bonds is 8. The Morgan fingerprint density at radius 3 is 3.00 bits per heavy atom. The average Bonchev–Trinajstić information content (AvgIpc) is 2.29. The molecule has 0 aliphatic rings. The van der Waals surface area contributed by atoms with Crippen LogP contribution in [0.5, 0.6) is 0 Å². The van der Waals surface area contributed by atoms with Gasteiger partial charge in [-0.05, 0) is 36.6 Å². The van der Waals surface area contributed by atoms with Gasteiger partial charge in [-0.2, -0.15) is 11.8 Å². The van der Waals surface area contributed by atoms with Gasteiger partial charge in [-0.15, -0.1) is 0 Å². The summed E-state index contributed by atoms with van der Waals surface area (Å²) < 4.78 is 0. The lowest BCUT2D eigenvalue weighted by atomic mass is 10.3. The smallest absolute Gasteiger partial charge is 0.0416 e. The molecule has 1 aromatic heterocycles. The number of nitrogens with zero attached hydrogens (tertiary/aromatic N) is 1. The second-order valence-corrected chi connectivity index (χ2v) is 4.77. The monoisotopic (exact) mass is 224 g/mol. The first-order valence-corrected chi connectivity index (χ1v) is 6.77. The summed E-state index contributed by atoms with van der Waals surface area (Å²) in [6.45, 7) is 4.37. The van der Waals surface area contributed by atoms with Crippen LogP contribution in [0.2, 0.25) is 0 Å². The van der Waals surface area contributed by atoms with Gasteiger partial charge in [-0.25, -0.2) is 0 Å². The third-order valence-electron chi connectivity index (χ3n) is 2.13. The third-order valence-corrected chi connectivity index (χ3v) is 3.12. The molecular weight excluding hydrogens is 204 g/mol. The van der Waals surface area contributed by atoms with E-state index in [0.29, 0.717) is 0 Å². The molecule has 1 aromatic rings. The van der Waals surface area contributed by atoms with Gasteiger partial charge in [0.2, 0.25) is 0 Å². The molecule has 0 fully saturated rings. The van der Waals surface area contributed by atoms with E-state index in [0.717, 1.165) is 19.5 Å². The fourth-order valence-corrected chi connectivity index (χ4v) is 1.97. The van der Waals surface area contributed by atoms with Gasteiger partial charge in [-0.1, -0.05) is 13.0 Å². The maximum Gasteiger partial charge on any atom is 0.0416 e. The van der Waals surface area contributed by atoms with Crippen LogP contribution in [-0.2, 0) is 6.42 Å². The van der Waals surface area contributed by atoms with Gasteiger partial charge < -0.3 is 5.32 Å². The lowest BCUT2D eigenvalue weighted by Crippen LogP contribution is -2.19. The van der Waals surface area contributed by atoms with Crippen molar-refractivity contribution in [1.82, 2.24) is 10.3 Å². The fourth-order valence-electron chi connectivity index (χ4n) is 1.33. The molecule has 0 aliphatic heterocycles. The van der Waals surface area contributed by atoms with Crippen molar-refractivity contribution < 1.29 is 0 Å². The van der Waals surface area contributed by atoms with Crippen LogP contribution < -0.4 is 5.32 Å². The lowest BCUT2D eigenvalue weighted by molar-refractivity contribution is 0.668. The number of nitrogens with one attached hydrogen (secondary N) is 1. The summed E-state index contributed by atoms with van der Waals surface area (Å²) in [5.74, 6) is 2.50. The highest BCUT2D eigenvalue weighted by Gasteiger charge is 1.92. The van der Waals surface area contributed by atoms with Crippen LogP contribution in [0.4, 0.5) is 0 Å². The minimum Gasteiger partial charge on any atom is -0.316 e. The van der Waals surface area contributed by atoms with Crippen LogP contribution in [0.25, 0.3) is 0 Å². The quantitative estimate of drug-likeness (QED) is 0.686. The number of pyridine rings is 1. The van der Waals surface area contributed by atoms with Crippen molar-refractivity contribution in [3.8, 4) is 0 Å². The molecule has 1 N–H and O–H groups in total. The van der Waals surface area contributed by atoms with Crippen LogP contribution >= 0.6 is 11.8 Å². The fraction of sp³-hybridized carbons (Fsp3) is 0.583. The summed E-state index contributed by atoms with van der Waals surface area (Å²) in [4.78, 5) is 4.28. The molecule has 84 valence electrons. The van der Waals surface area contributed by atoms with E-state index < -0.39 is 0 Å². The molecule has 1 heterocycles. The molecule has 0 radical (unpaired) electrons. The van der Waals surface area contributed by atoms with Gasteiger partial charge in [0, 0.05) is 24.9 Å². The van der Waals surface area contributed by atoms with E-state index >= 15 is 0 Å². The van der Waals surface area contributed by atoms with Gasteiger partial charge in [0.25, 0.3) is 0 Å². The predicted octanol–water partition coefficient (Wildman–Crippen LogP) is 2.36. The van der Waals surface area contributed by atoms with Crippen molar-refractivity contribution in [2.24, 2.45) is 0 Å². The zero-order chi connectivity index (χ0) is 10.8. The standard InChI is InChI=1S/C12H20N2S/c1-2-15-11-5-8-13-10-7-12-6-3-4-9-14-12/h3-4,6,9,13H,2,5,7-8,10-11H2,1H3. The topological polar surface area (TPSA) is 24.9 Å². The molecule has 0 unspecified atom stereocenters. The van der Waals surface area contributed by atoms with E-state index in [9.17, 15) is 0 Å². The average molecular weight is 224 g/mol. The van der Waals surface area contributed by atoms with E-state index in [1.165, 1.54) is 23.6 Å². The van der Waals surface area contributed by atoms with Gasteiger partial charge in [-0.3, -0.25) is 4.98 Å². The molecule has 15 heavy (non-hydrogen) atoms. The van der Waals surface area contributed by atoms with E-state index in [1.54, 1.807) is 0 Å². The normalized spacial score (nSPS) is 10.5. The van der Waals surface area contributed by atoms with E-state index in [-0.39, 0.29) is 0 Å². The molecule has 0 spiro atoms. The Morgan fingerprint density at radius 1 is 1.33 bits per heavy atom. The number of hydrogen-bond donors (Lipinski definition) is 1. The maximum absolute atomic E-state index is 4.28. The van der Waals surface area contributed by atoms with Crippen LogP contribution in [0.15, 0.2) is 24.4 Å². The molecule has 0 bridgehead atoms. The predicted molar refractivity (Wildman–Crippen MR) is 68.4 cm³/mol. The van der Waals surface area contributed by atoms with E-state index in [1.807, 2.05) is 30.1 Å². The lowest BCUT2D eigenvalue weighted by Gasteiger charge is -2.03. The second kappa shape index (κ2) is 8.74. The molecule has 0 atom stereocenters. The zero-order valence-corrected chi connectivity index (χ0v) is 10.2. The number of hydrogen-bond acceptors (Lipinski definition) is 3. The highest BCUT2D eigenvalue weighted by Crippen LogP contribution is 1.99. The third kappa shape index (κ3) is 6.52. The van der Waals surface area contributed by atoms with E-state index in [2.05, 4.69) is 23.3 Å². The summed E-state index contributed by atoms with van der Waals surface area (Å²) in [5, 5.41) is 3.44. The van der Waals surface area contributed by atoms with Crippen molar-refractivity contribution in [2.75, 3.05) is 24.6 Å². The minimum absolute atomic E-state index is 1.03. The Hall–Kier alpha value is -0.540. The van der Waals surface area contributed by atoms with Crippen LogP contribution in [0, 0.1) is 0 Å². The zero-order valence-electron chi connectivity index (χ0n) is 9.41. The maximum atomic E-state index is 4.28. The molecular formula is C12H20N2S. The Balaban J connectivity index is 1.93. The molecule has 0 saturated carbocycles. The van der Waals surface area contributed by atoms with Crippen LogP contribution in [0.3, 0.4) is 0 Å². The first-order chi connectivity index (χ1) is 7.43. The molecule has 3 heteroatoms. The molecule has 0 aromatic carbocycles. The van der Waals surface area contributed by atoms with Crippen molar-refractivity contribution in [2.45, 2.75) is 19.8 Å². The summed E-state index contributed by atoms with van der Waals surface area (Å²) in [6, 6.07) is 6.08.